The van der Waals surface area contributed by atoms with Crippen LogP contribution in [0.5, 0.6) is 5.75 Å². The molecular weight excluding hydrogens is 436 g/mol. The lowest BCUT2D eigenvalue weighted by atomic mass is 9.85. The minimum atomic E-state index is -0.672. The van der Waals surface area contributed by atoms with Crippen LogP contribution in [0.25, 0.3) is 16.6 Å². The number of methoxy groups -OCH3 is 1. The predicted molar refractivity (Wildman–Crippen MR) is 127 cm³/mol. The van der Waals surface area contributed by atoms with Crippen molar-refractivity contribution < 1.29 is 18.7 Å². The number of fused-ring (bicyclic) bond motifs is 1. The molecule has 0 aliphatic carbocycles. The zero-order valence-electron chi connectivity index (χ0n) is 19.3. The molecular formula is C24H26N6O4. The third-order valence-corrected chi connectivity index (χ3v) is 6.08. The average Bonchev–Trinajstić information content (AvgIpc) is 3.47. The van der Waals surface area contributed by atoms with Gasteiger partial charge in [-0.25, -0.2) is 9.50 Å². The summed E-state index contributed by atoms with van der Waals surface area (Å²) in [4.78, 5) is 27.9. The topological polar surface area (TPSA) is 151 Å². The number of nitrogens with two attached hydrogens (primary N) is 2. The number of oxazole rings is 1. The molecule has 3 aromatic heterocycles. The van der Waals surface area contributed by atoms with E-state index in [1.807, 2.05) is 57.3 Å². The van der Waals surface area contributed by atoms with Gasteiger partial charge in [0.25, 0.3) is 11.8 Å². The van der Waals surface area contributed by atoms with Gasteiger partial charge in [0.15, 0.2) is 5.69 Å². The molecule has 0 spiro atoms. The number of hydrogen-bond donors (Lipinski definition) is 3. The Morgan fingerprint density at radius 2 is 1.85 bits per heavy atom. The lowest BCUT2D eigenvalue weighted by Gasteiger charge is -2.30. The SMILES string of the molecule is COc1ccc(-c2cc3c(N[C@H](C)C(C)(C)c4nc(C(N)=O)co4)c(C(N)=O)cnn3c2)cc1. The van der Waals surface area contributed by atoms with E-state index in [1.54, 1.807) is 11.6 Å². The van der Waals surface area contributed by atoms with Crippen molar-refractivity contribution in [3.63, 3.8) is 0 Å². The Kier molecular flexibility index (Phi) is 5.74. The number of carbonyl (C=O) groups is 2. The van der Waals surface area contributed by atoms with Crippen LogP contribution >= 0.6 is 0 Å². The quantitative estimate of drug-likeness (QED) is 0.364. The summed E-state index contributed by atoms with van der Waals surface area (Å²) < 4.78 is 12.4. The van der Waals surface area contributed by atoms with Crippen molar-refractivity contribution in [1.29, 1.82) is 0 Å². The van der Waals surface area contributed by atoms with E-state index >= 15 is 0 Å². The van der Waals surface area contributed by atoms with Crippen molar-refractivity contribution in [2.75, 3.05) is 12.4 Å². The van der Waals surface area contributed by atoms with E-state index in [0.29, 0.717) is 17.1 Å². The average molecular weight is 463 g/mol. The maximum atomic E-state index is 12.2. The van der Waals surface area contributed by atoms with Crippen LogP contribution in [0.1, 0.15) is 47.5 Å². The molecule has 0 saturated heterocycles. The van der Waals surface area contributed by atoms with Crippen molar-refractivity contribution in [3.05, 3.63) is 66.1 Å². The molecule has 1 aromatic carbocycles. The molecule has 34 heavy (non-hydrogen) atoms. The number of nitrogens with zero attached hydrogens (tertiary/aromatic N) is 3. The minimum Gasteiger partial charge on any atom is -0.497 e. The van der Waals surface area contributed by atoms with E-state index < -0.39 is 17.2 Å². The van der Waals surface area contributed by atoms with Gasteiger partial charge in [0, 0.05) is 17.8 Å². The fourth-order valence-electron chi connectivity index (χ4n) is 3.60. The Morgan fingerprint density at radius 1 is 1.15 bits per heavy atom. The van der Waals surface area contributed by atoms with Gasteiger partial charge in [0.1, 0.15) is 12.0 Å². The van der Waals surface area contributed by atoms with Crippen LogP contribution in [0.3, 0.4) is 0 Å². The Labute approximate surface area is 195 Å². The standard InChI is InChI=1S/C24H26N6O4/c1-13(24(2,3)23-29-18(12-34-23)22(26)32)28-20-17(21(25)31)10-27-30-11-15(9-19(20)30)14-5-7-16(33-4)8-6-14/h5-13,28H,1-4H3,(H2,25,31)(H2,26,32)/t13-/m1/s1. The molecule has 3 heterocycles. The first-order valence-corrected chi connectivity index (χ1v) is 10.6. The van der Waals surface area contributed by atoms with E-state index in [0.717, 1.165) is 16.9 Å². The third kappa shape index (κ3) is 4.05. The van der Waals surface area contributed by atoms with Crippen LogP contribution in [-0.2, 0) is 5.41 Å². The van der Waals surface area contributed by atoms with Crippen LogP contribution in [0.4, 0.5) is 5.69 Å². The molecule has 5 N–H and O–H groups in total. The van der Waals surface area contributed by atoms with Gasteiger partial charge in [-0.05, 0) is 44.5 Å². The summed E-state index contributed by atoms with van der Waals surface area (Å²) in [6.07, 6.45) is 4.54. The third-order valence-electron chi connectivity index (χ3n) is 6.08. The second-order valence-electron chi connectivity index (χ2n) is 8.57. The number of rotatable bonds is 8. The van der Waals surface area contributed by atoms with Crippen molar-refractivity contribution in [2.24, 2.45) is 11.5 Å². The smallest absolute Gasteiger partial charge is 0.270 e. The molecule has 0 unspecified atom stereocenters. The van der Waals surface area contributed by atoms with E-state index in [-0.39, 0.29) is 17.3 Å². The van der Waals surface area contributed by atoms with Crippen LogP contribution in [0.15, 0.2) is 53.4 Å². The number of ether oxygens (including phenoxy) is 1. The van der Waals surface area contributed by atoms with Gasteiger partial charge < -0.3 is 25.9 Å². The Hall–Kier alpha value is -4.34. The lowest BCUT2D eigenvalue weighted by Crippen LogP contribution is -2.38. The van der Waals surface area contributed by atoms with Gasteiger partial charge in [-0.2, -0.15) is 5.10 Å². The molecule has 0 bridgehead atoms. The highest BCUT2D eigenvalue weighted by Crippen LogP contribution is 2.33. The highest BCUT2D eigenvalue weighted by molar-refractivity contribution is 6.02. The molecule has 4 rings (SSSR count). The van der Waals surface area contributed by atoms with Gasteiger partial charge in [0.05, 0.1) is 35.5 Å². The van der Waals surface area contributed by atoms with Crippen molar-refractivity contribution >= 4 is 23.0 Å². The van der Waals surface area contributed by atoms with Gasteiger partial charge >= 0.3 is 0 Å². The summed E-state index contributed by atoms with van der Waals surface area (Å²) in [5.41, 5.74) is 13.7. The molecule has 10 heteroatoms. The molecule has 0 aliphatic rings. The van der Waals surface area contributed by atoms with Gasteiger partial charge in [-0.3, -0.25) is 9.59 Å². The zero-order chi connectivity index (χ0) is 24.6. The van der Waals surface area contributed by atoms with E-state index in [2.05, 4.69) is 15.4 Å². The first-order valence-electron chi connectivity index (χ1n) is 10.6. The van der Waals surface area contributed by atoms with E-state index in [1.165, 1.54) is 12.5 Å². The molecule has 10 nitrogen and oxygen atoms in total. The number of benzene rings is 1. The molecule has 4 aromatic rings. The first-order chi connectivity index (χ1) is 16.1. The van der Waals surface area contributed by atoms with Crippen molar-refractivity contribution in [2.45, 2.75) is 32.2 Å². The molecule has 0 fully saturated rings. The molecule has 0 saturated carbocycles. The van der Waals surface area contributed by atoms with Crippen molar-refractivity contribution in [3.8, 4) is 16.9 Å². The van der Waals surface area contributed by atoms with Crippen LogP contribution < -0.4 is 21.5 Å². The number of aromatic nitrogens is 3. The molecule has 176 valence electrons. The summed E-state index contributed by atoms with van der Waals surface area (Å²) in [6.45, 7) is 5.73. The second-order valence-corrected chi connectivity index (χ2v) is 8.57. The second kappa shape index (κ2) is 8.54. The summed E-state index contributed by atoms with van der Waals surface area (Å²) >= 11 is 0. The number of carbonyl (C=O) groups excluding carboxylic acids is 2. The summed E-state index contributed by atoms with van der Waals surface area (Å²) in [6, 6.07) is 9.27. The number of nitrogens with one attached hydrogen (secondary N) is 1. The first kappa shape index (κ1) is 22.8. The summed E-state index contributed by atoms with van der Waals surface area (Å²) in [7, 11) is 1.62. The monoisotopic (exact) mass is 462 g/mol. The van der Waals surface area contributed by atoms with Gasteiger partial charge in [-0.15, -0.1) is 0 Å². The molecule has 2 amide bonds. The summed E-state index contributed by atoms with van der Waals surface area (Å²) in [5.74, 6) is -0.188. The number of hydrogen-bond acceptors (Lipinski definition) is 7. The number of amides is 2. The maximum Gasteiger partial charge on any atom is 0.270 e. The van der Waals surface area contributed by atoms with Gasteiger partial charge in [0.2, 0.25) is 5.89 Å². The molecule has 1 atom stereocenters. The van der Waals surface area contributed by atoms with Crippen LogP contribution in [-0.4, -0.2) is 39.6 Å². The minimum absolute atomic E-state index is 0.0510. The zero-order valence-corrected chi connectivity index (χ0v) is 19.3. The molecule has 0 radical (unpaired) electrons. The normalized spacial score (nSPS) is 12.5. The van der Waals surface area contributed by atoms with Gasteiger partial charge in [-0.1, -0.05) is 12.1 Å². The predicted octanol–water partition coefficient (Wildman–Crippen LogP) is 2.97. The molecule has 0 aliphatic heterocycles. The largest absolute Gasteiger partial charge is 0.497 e. The van der Waals surface area contributed by atoms with E-state index in [4.69, 9.17) is 20.6 Å². The van der Waals surface area contributed by atoms with E-state index in [9.17, 15) is 9.59 Å². The Balaban J connectivity index is 1.74. The lowest BCUT2D eigenvalue weighted by molar-refractivity contribution is 0.0989. The number of anilines is 1. The van der Waals surface area contributed by atoms with Crippen molar-refractivity contribution in [1.82, 2.24) is 14.6 Å². The highest BCUT2D eigenvalue weighted by atomic mass is 16.5. The van der Waals surface area contributed by atoms with Crippen LogP contribution in [0, 0.1) is 0 Å². The fraction of sp³-hybridized carbons (Fsp3) is 0.250. The fourth-order valence-corrected chi connectivity index (χ4v) is 3.60. The van der Waals surface area contributed by atoms with Crippen LogP contribution in [0.2, 0.25) is 0 Å². The Morgan fingerprint density at radius 3 is 2.44 bits per heavy atom. The highest BCUT2D eigenvalue weighted by Gasteiger charge is 2.34. The maximum absolute atomic E-state index is 12.2. The Bertz CT molecular complexity index is 1370. The number of primary amides is 2. The summed E-state index contributed by atoms with van der Waals surface area (Å²) in [5, 5.41) is 7.76.